The molecule has 0 saturated heterocycles. The lowest BCUT2D eigenvalue weighted by atomic mass is 10.1. The number of hydrogen-bond donors (Lipinski definition) is 2. The molecule has 0 atom stereocenters. The van der Waals surface area contributed by atoms with E-state index in [0.29, 0.717) is 0 Å². The molecule has 1 aromatic carbocycles. The Kier molecular flexibility index (Phi) is 7.13. The Morgan fingerprint density at radius 2 is 1.88 bits per heavy atom. The van der Waals surface area contributed by atoms with Gasteiger partial charge in [-0.1, -0.05) is 12.1 Å². The SMILES string of the molecule is CC(C)Oc1ccc(CCNCCCS)cc1. The van der Waals surface area contributed by atoms with Gasteiger partial charge in [0.1, 0.15) is 5.75 Å². The van der Waals surface area contributed by atoms with Gasteiger partial charge in [-0.25, -0.2) is 0 Å². The fraction of sp³-hybridized carbons (Fsp3) is 0.571. The maximum Gasteiger partial charge on any atom is 0.119 e. The third-order valence-corrected chi connectivity index (χ3v) is 2.71. The summed E-state index contributed by atoms with van der Waals surface area (Å²) in [6.45, 7) is 6.16. The fourth-order valence-electron chi connectivity index (χ4n) is 1.57. The summed E-state index contributed by atoms with van der Waals surface area (Å²) < 4.78 is 5.60. The second-order valence-corrected chi connectivity index (χ2v) is 4.83. The van der Waals surface area contributed by atoms with Gasteiger partial charge in [0.25, 0.3) is 0 Å². The van der Waals surface area contributed by atoms with Gasteiger partial charge in [-0.2, -0.15) is 12.6 Å². The third-order valence-electron chi connectivity index (χ3n) is 2.40. The van der Waals surface area contributed by atoms with Crippen molar-refractivity contribution in [2.75, 3.05) is 18.8 Å². The molecule has 96 valence electrons. The van der Waals surface area contributed by atoms with Crippen LogP contribution in [0.25, 0.3) is 0 Å². The lowest BCUT2D eigenvalue weighted by molar-refractivity contribution is 0.242. The van der Waals surface area contributed by atoms with Crippen LogP contribution in [0, 0.1) is 0 Å². The third kappa shape index (κ3) is 6.59. The zero-order valence-electron chi connectivity index (χ0n) is 10.8. The smallest absolute Gasteiger partial charge is 0.119 e. The number of benzene rings is 1. The van der Waals surface area contributed by atoms with E-state index >= 15 is 0 Å². The minimum absolute atomic E-state index is 0.240. The Labute approximate surface area is 110 Å². The van der Waals surface area contributed by atoms with Crippen LogP contribution >= 0.6 is 12.6 Å². The Balaban J connectivity index is 2.25. The number of nitrogens with one attached hydrogen (secondary N) is 1. The molecular formula is C14H23NOS. The zero-order chi connectivity index (χ0) is 12.5. The van der Waals surface area contributed by atoms with Gasteiger partial charge in [-0.05, 0) is 63.2 Å². The standard InChI is InChI=1S/C14H23NOS/c1-12(2)16-14-6-4-13(5-7-14)8-10-15-9-3-11-17/h4-7,12,15,17H,3,8-11H2,1-2H3. The average Bonchev–Trinajstić information content (AvgIpc) is 2.30. The molecule has 0 heterocycles. The quantitative estimate of drug-likeness (QED) is 0.549. The molecule has 17 heavy (non-hydrogen) atoms. The maximum absolute atomic E-state index is 5.60. The molecule has 2 nitrogen and oxygen atoms in total. The second-order valence-electron chi connectivity index (χ2n) is 4.39. The molecule has 1 aromatic rings. The maximum atomic E-state index is 5.60. The Morgan fingerprint density at radius 3 is 2.47 bits per heavy atom. The first-order chi connectivity index (χ1) is 8.22. The first-order valence-corrected chi connectivity index (χ1v) is 6.93. The zero-order valence-corrected chi connectivity index (χ0v) is 11.7. The molecule has 3 heteroatoms. The highest BCUT2D eigenvalue weighted by Crippen LogP contribution is 2.13. The van der Waals surface area contributed by atoms with Crippen molar-refractivity contribution in [3.8, 4) is 5.75 Å². The normalized spacial score (nSPS) is 10.8. The predicted octanol–water partition coefficient (Wildman–Crippen LogP) is 2.93. The van der Waals surface area contributed by atoms with Crippen LogP contribution < -0.4 is 10.1 Å². The molecule has 0 aliphatic rings. The van der Waals surface area contributed by atoms with Gasteiger partial charge in [-0.15, -0.1) is 0 Å². The van der Waals surface area contributed by atoms with Gasteiger partial charge in [0.2, 0.25) is 0 Å². The van der Waals surface area contributed by atoms with E-state index < -0.39 is 0 Å². The average molecular weight is 253 g/mol. The lowest BCUT2D eigenvalue weighted by Gasteiger charge is -2.10. The van der Waals surface area contributed by atoms with Crippen molar-refractivity contribution < 1.29 is 4.74 Å². The lowest BCUT2D eigenvalue weighted by Crippen LogP contribution is -2.18. The molecule has 0 bridgehead atoms. The monoisotopic (exact) mass is 253 g/mol. The van der Waals surface area contributed by atoms with E-state index in [1.165, 1.54) is 5.56 Å². The summed E-state index contributed by atoms with van der Waals surface area (Å²) in [5, 5.41) is 3.40. The minimum atomic E-state index is 0.240. The molecular weight excluding hydrogens is 230 g/mol. The van der Waals surface area contributed by atoms with E-state index in [9.17, 15) is 0 Å². The molecule has 0 fully saturated rings. The molecule has 0 spiro atoms. The van der Waals surface area contributed by atoms with Gasteiger partial charge < -0.3 is 10.1 Å². The van der Waals surface area contributed by atoms with E-state index in [0.717, 1.165) is 37.4 Å². The number of rotatable bonds is 8. The van der Waals surface area contributed by atoms with Crippen LogP contribution in [0.2, 0.25) is 0 Å². The Bertz CT molecular complexity index is 298. The van der Waals surface area contributed by atoms with Gasteiger partial charge in [0.05, 0.1) is 6.10 Å². The van der Waals surface area contributed by atoms with E-state index in [1.807, 2.05) is 26.0 Å². The van der Waals surface area contributed by atoms with Gasteiger partial charge in [0.15, 0.2) is 0 Å². The van der Waals surface area contributed by atoms with Crippen LogP contribution in [-0.4, -0.2) is 24.9 Å². The van der Waals surface area contributed by atoms with Crippen LogP contribution in [0.3, 0.4) is 0 Å². The highest BCUT2D eigenvalue weighted by molar-refractivity contribution is 7.80. The van der Waals surface area contributed by atoms with Crippen molar-refractivity contribution in [2.24, 2.45) is 0 Å². The number of ether oxygens (including phenoxy) is 1. The van der Waals surface area contributed by atoms with Gasteiger partial charge in [0, 0.05) is 0 Å². The fourth-order valence-corrected chi connectivity index (χ4v) is 1.73. The van der Waals surface area contributed by atoms with Crippen molar-refractivity contribution in [1.29, 1.82) is 0 Å². The highest BCUT2D eigenvalue weighted by atomic mass is 32.1. The van der Waals surface area contributed by atoms with Crippen molar-refractivity contribution in [2.45, 2.75) is 32.8 Å². The van der Waals surface area contributed by atoms with Crippen LogP contribution in [-0.2, 0) is 6.42 Å². The number of thiol groups is 1. The summed E-state index contributed by atoms with van der Waals surface area (Å²) in [7, 11) is 0. The van der Waals surface area contributed by atoms with Crippen LogP contribution in [0.1, 0.15) is 25.8 Å². The molecule has 0 aliphatic heterocycles. The van der Waals surface area contributed by atoms with E-state index in [-0.39, 0.29) is 6.10 Å². The molecule has 0 radical (unpaired) electrons. The molecule has 0 saturated carbocycles. The summed E-state index contributed by atoms with van der Waals surface area (Å²) in [5.74, 6) is 1.90. The molecule has 1 rings (SSSR count). The summed E-state index contributed by atoms with van der Waals surface area (Å²) in [5.41, 5.74) is 1.35. The molecule has 0 aromatic heterocycles. The minimum Gasteiger partial charge on any atom is -0.491 e. The highest BCUT2D eigenvalue weighted by Gasteiger charge is 1.98. The Hall–Kier alpha value is -0.670. The topological polar surface area (TPSA) is 21.3 Å². The summed E-state index contributed by atoms with van der Waals surface area (Å²) in [6, 6.07) is 8.36. The predicted molar refractivity (Wildman–Crippen MR) is 77.2 cm³/mol. The largest absolute Gasteiger partial charge is 0.491 e. The molecule has 0 aliphatic carbocycles. The summed E-state index contributed by atoms with van der Waals surface area (Å²) in [6.07, 6.45) is 2.43. The van der Waals surface area contributed by atoms with Crippen molar-refractivity contribution >= 4 is 12.6 Å². The first-order valence-electron chi connectivity index (χ1n) is 6.29. The molecule has 0 amide bonds. The van der Waals surface area contributed by atoms with Crippen LogP contribution in [0.4, 0.5) is 0 Å². The van der Waals surface area contributed by atoms with Crippen LogP contribution in [0.15, 0.2) is 24.3 Å². The van der Waals surface area contributed by atoms with E-state index in [2.05, 4.69) is 30.1 Å². The van der Waals surface area contributed by atoms with E-state index in [1.54, 1.807) is 0 Å². The summed E-state index contributed by atoms with van der Waals surface area (Å²) in [4.78, 5) is 0. The van der Waals surface area contributed by atoms with Crippen LogP contribution in [0.5, 0.6) is 5.75 Å². The number of hydrogen-bond acceptors (Lipinski definition) is 3. The molecule has 1 N–H and O–H groups in total. The first kappa shape index (κ1) is 14.4. The van der Waals surface area contributed by atoms with Crippen molar-refractivity contribution in [3.05, 3.63) is 29.8 Å². The van der Waals surface area contributed by atoms with Crippen molar-refractivity contribution in [1.82, 2.24) is 5.32 Å². The summed E-state index contributed by atoms with van der Waals surface area (Å²) >= 11 is 4.18. The second kappa shape index (κ2) is 8.43. The van der Waals surface area contributed by atoms with Gasteiger partial charge in [-0.3, -0.25) is 0 Å². The van der Waals surface area contributed by atoms with E-state index in [4.69, 9.17) is 4.74 Å². The van der Waals surface area contributed by atoms with Crippen molar-refractivity contribution in [3.63, 3.8) is 0 Å². The molecule has 0 unspecified atom stereocenters. The Morgan fingerprint density at radius 1 is 1.18 bits per heavy atom. The van der Waals surface area contributed by atoms with Gasteiger partial charge >= 0.3 is 0 Å².